The largest absolute Gasteiger partial charge is 0.496 e. The molecule has 0 saturated heterocycles. The maximum Gasteiger partial charge on any atom is 0.129 e. The number of hydrogen-bond acceptors (Lipinski definition) is 3. The van der Waals surface area contributed by atoms with E-state index in [-0.39, 0.29) is 0 Å². The fourth-order valence-electron chi connectivity index (χ4n) is 2.28. The summed E-state index contributed by atoms with van der Waals surface area (Å²) < 4.78 is 5.31. The van der Waals surface area contributed by atoms with Gasteiger partial charge < -0.3 is 10.1 Å². The van der Waals surface area contributed by atoms with Crippen LogP contribution in [-0.4, -0.2) is 13.7 Å². The van der Waals surface area contributed by atoms with Gasteiger partial charge in [-0.25, -0.2) is 0 Å². The Morgan fingerprint density at radius 3 is 2.75 bits per heavy atom. The van der Waals surface area contributed by atoms with E-state index in [1.807, 2.05) is 0 Å². The summed E-state index contributed by atoms with van der Waals surface area (Å²) in [5, 5.41) is 5.73. The first-order valence-corrected chi connectivity index (χ1v) is 8.03. The summed E-state index contributed by atoms with van der Waals surface area (Å²) in [7, 11) is 1.72. The van der Waals surface area contributed by atoms with Crippen LogP contribution < -0.4 is 10.1 Å². The molecule has 1 atom stereocenters. The third-order valence-corrected chi connectivity index (χ3v) is 4.53. The second-order valence-electron chi connectivity index (χ2n) is 5.03. The van der Waals surface area contributed by atoms with Crippen LogP contribution in [-0.2, 0) is 6.42 Å². The van der Waals surface area contributed by atoms with E-state index < -0.39 is 0 Å². The van der Waals surface area contributed by atoms with E-state index in [0.717, 1.165) is 25.1 Å². The third kappa shape index (κ3) is 3.84. The van der Waals surface area contributed by atoms with E-state index in [2.05, 4.69) is 54.9 Å². The molecule has 2 aromatic rings. The summed E-state index contributed by atoms with van der Waals surface area (Å²) in [6.45, 7) is 5.42. The highest BCUT2D eigenvalue weighted by atomic mass is 32.1. The fourth-order valence-corrected chi connectivity index (χ4v) is 3.21. The average molecular weight is 289 g/mol. The third-order valence-electron chi connectivity index (χ3n) is 3.50. The molecule has 108 valence electrons. The molecule has 1 unspecified atom stereocenters. The summed E-state index contributed by atoms with van der Waals surface area (Å²) in [4.78, 5) is 1.35. The van der Waals surface area contributed by atoms with Crippen LogP contribution in [0.1, 0.15) is 35.4 Å². The Labute approximate surface area is 125 Å². The van der Waals surface area contributed by atoms with Crippen molar-refractivity contribution in [2.75, 3.05) is 13.7 Å². The minimum atomic E-state index is 0.366. The Bertz CT molecular complexity index is 535. The van der Waals surface area contributed by atoms with Crippen molar-refractivity contribution in [1.29, 1.82) is 0 Å². The molecular formula is C17H23NOS. The maximum atomic E-state index is 5.31. The van der Waals surface area contributed by atoms with Gasteiger partial charge in [-0.05, 0) is 43.5 Å². The highest BCUT2D eigenvalue weighted by Gasteiger charge is 2.15. The molecule has 0 amide bonds. The van der Waals surface area contributed by atoms with Crippen LogP contribution in [0.5, 0.6) is 5.75 Å². The van der Waals surface area contributed by atoms with Crippen molar-refractivity contribution in [3.05, 3.63) is 51.7 Å². The zero-order valence-electron chi connectivity index (χ0n) is 12.5. The number of aryl methyl sites for hydroxylation is 1. The molecule has 1 aromatic heterocycles. The van der Waals surface area contributed by atoms with Gasteiger partial charge in [0.1, 0.15) is 5.75 Å². The molecule has 0 aliphatic heterocycles. The van der Waals surface area contributed by atoms with Crippen LogP contribution >= 0.6 is 11.3 Å². The van der Waals surface area contributed by atoms with Crippen LogP contribution in [0.15, 0.2) is 35.7 Å². The number of thiophene rings is 1. The van der Waals surface area contributed by atoms with Gasteiger partial charge in [-0.2, -0.15) is 0 Å². The number of hydrogen-bond donors (Lipinski definition) is 1. The smallest absolute Gasteiger partial charge is 0.129 e. The molecule has 2 nitrogen and oxygen atoms in total. The standard InChI is InChI=1S/C17H23NOS/c1-4-9-18-16(17-11-15(19-3)12-20-17)10-14-8-6-5-7-13(14)2/h5-8,11-12,16,18H,4,9-10H2,1-3H3. The van der Waals surface area contributed by atoms with Crippen molar-refractivity contribution in [3.8, 4) is 5.75 Å². The highest BCUT2D eigenvalue weighted by molar-refractivity contribution is 7.10. The first-order chi connectivity index (χ1) is 9.74. The molecule has 1 N–H and O–H groups in total. The van der Waals surface area contributed by atoms with Gasteiger partial charge in [0.25, 0.3) is 0 Å². The Morgan fingerprint density at radius 2 is 2.10 bits per heavy atom. The first kappa shape index (κ1) is 15.1. The summed E-state index contributed by atoms with van der Waals surface area (Å²) in [6, 6.07) is 11.1. The highest BCUT2D eigenvalue weighted by Crippen LogP contribution is 2.29. The van der Waals surface area contributed by atoms with Crippen molar-refractivity contribution in [2.24, 2.45) is 0 Å². The normalized spacial score (nSPS) is 12.3. The van der Waals surface area contributed by atoms with Gasteiger partial charge in [-0.1, -0.05) is 31.2 Å². The minimum absolute atomic E-state index is 0.366. The zero-order chi connectivity index (χ0) is 14.4. The molecule has 0 spiro atoms. The van der Waals surface area contributed by atoms with E-state index in [4.69, 9.17) is 4.74 Å². The van der Waals surface area contributed by atoms with Crippen molar-refractivity contribution in [3.63, 3.8) is 0 Å². The van der Waals surface area contributed by atoms with Crippen LogP contribution in [0.4, 0.5) is 0 Å². The Morgan fingerprint density at radius 1 is 1.30 bits per heavy atom. The average Bonchev–Trinajstić information content (AvgIpc) is 2.94. The molecule has 20 heavy (non-hydrogen) atoms. The molecule has 0 fully saturated rings. The van der Waals surface area contributed by atoms with Crippen molar-refractivity contribution >= 4 is 11.3 Å². The molecule has 0 aliphatic rings. The van der Waals surface area contributed by atoms with Crippen LogP contribution in [0.2, 0.25) is 0 Å². The number of ether oxygens (including phenoxy) is 1. The molecule has 1 aromatic carbocycles. The number of rotatable bonds is 7. The molecular weight excluding hydrogens is 266 g/mol. The zero-order valence-corrected chi connectivity index (χ0v) is 13.3. The lowest BCUT2D eigenvalue weighted by molar-refractivity contribution is 0.415. The number of nitrogens with one attached hydrogen (secondary N) is 1. The minimum Gasteiger partial charge on any atom is -0.496 e. The number of methoxy groups -OCH3 is 1. The van der Waals surface area contributed by atoms with Gasteiger partial charge in [-0.3, -0.25) is 0 Å². The van der Waals surface area contributed by atoms with Gasteiger partial charge in [0.15, 0.2) is 0 Å². The monoisotopic (exact) mass is 289 g/mol. The van der Waals surface area contributed by atoms with E-state index >= 15 is 0 Å². The topological polar surface area (TPSA) is 21.3 Å². The second kappa shape index (κ2) is 7.46. The number of benzene rings is 1. The van der Waals surface area contributed by atoms with E-state index in [1.165, 1.54) is 16.0 Å². The Hall–Kier alpha value is -1.32. The van der Waals surface area contributed by atoms with Gasteiger partial charge >= 0.3 is 0 Å². The van der Waals surface area contributed by atoms with E-state index in [1.54, 1.807) is 18.4 Å². The molecule has 3 heteroatoms. The summed E-state index contributed by atoms with van der Waals surface area (Å²) in [5.74, 6) is 0.957. The summed E-state index contributed by atoms with van der Waals surface area (Å²) in [6.07, 6.45) is 2.17. The van der Waals surface area contributed by atoms with Gasteiger partial charge in [-0.15, -0.1) is 11.3 Å². The van der Waals surface area contributed by atoms with Crippen molar-refractivity contribution in [2.45, 2.75) is 32.7 Å². The van der Waals surface area contributed by atoms with Crippen LogP contribution in [0.25, 0.3) is 0 Å². The van der Waals surface area contributed by atoms with Crippen molar-refractivity contribution in [1.82, 2.24) is 5.32 Å². The Balaban J connectivity index is 2.17. The molecule has 1 heterocycles. The lowest BCUT2D eigenvalue weighted by Gasteiger charge is -2.18. The SMILES string of the molecule is CCCNC(Cc1ccccc1C)c1cc(OC)cs1. The summed E-state index contributed by atoms with van der Waals surface area (Å²) >= 11 is 1.77. The van der Waals surface area contributed by atoms with E-state index in [9.17, 15) is 0 Å². The molecule has 0 saturated carbocycles. The predicted octanol–water partition coefficient (Wildman–Crippen LogP) is 4.35. The van der Waals surface area contributed by atoms with E-state index in [0.29, 0.717) is 6.04 Å². The first-order valence-electron chi connectivity index (χ1n) is 7.15. The van der Waals surface area contributed by atoms with Crippen LogP contribution in [0, 0.1) is 6.92 Å². The van der Waals surface area contributed by atoms with Gasteiger partial charge in [0.05, 0.1) is 7.11 Å². The molecule has 0 radical (unpaired) electrons. The van der Waals surface area contributed by atoms with Gasteiger partial charge in [0.2, 0.25) is 0 Å². The molecule has 2 rings (SSSR count). The van der Waals surface area contributed by atoms with Gasteiger partial charge in [0, 0.05) is 16.3 Å². The lowest BCUT2D eigenvalue weighted by Crippen LogP contribution is -2.23. The van der Waals surface area contributed by atoms with Crippen LogP contribution in [0.3, 0.4) is 0 Å². The Kier molecular flexibility index (Phi) is 5.62. The second-order valence-corrected chi connectivity index (χ2v) is 5.97. The quantitative estimate of drug-likeness (QED) is 0.818. The fraction of sp³-hybridized carbons (Fsp3) is 0.412. The predicted molar refractivity (Wildman–Crippen MR) is 86.8 cm³/mol. The molecule has 0 aliphatic carbocycles. The molecule has 0 bridgehead atoms. The maximum absolute atomic E-state index is 5.31. The lowest BCUT2D eigenvalue weighted by atomic mass is 10.00. The summed E-state index contributed by atoms with van der Waals surface area (Å²) in [5.41, 5.74) is 2.77. The van der Waals surface area contributed by atoms with Crippen molar-refractivity contribution < 1.29 is 4.74 Å².